The first-order valence-electron chi connectivity index (χ1n) is 8.15. The quantitative estimate of drug-likeness (QED) is 0.869. The molecule has 1 fully saturated rings. The van der Waals surface area contributed by atoms with E-state index in [1.54, 1.807) is 6.20 Å². The Morgan fingerprint density at radius 2 is 1.78 bits per heavy atom. The molecular formula is C19H23N3O. The monoisotopic (exact) mass is 309 g/mol. The molecule has 1 amide bonds. The fourth-order valence-corrected chi connectivity index (χ4v) is 2.90. The fourth-order valence-electron chi connectivity index (χ4n) is 2.90. The number of carbonyl (C=O) groups excluding carboxylic acids is 1. The number of hydrogen-bond acceptors (Lipinski definition) is 3. The maximum absolute atomic E-state index is 12.4. The second-order valence-electron chi connectivity index (χ2n) is 6.18. The zero-order chi connectivity index (χ0) is 16.1. The smallest absolute Gasteiger partial charge is 0.227 e. The summed E-state index contributed by atoms with van der Waals surface area (Å²) in [5.74, 6) is 0.231. The number of rotatable bonds is 4. The van der Waals surface area contributed by atoms with Gasteiger partial charge in [-0.15, -0.1) is 0 Å². The molecule has 3 rings (SSSR count). The predicted molar refractivity (Wildman–Crippen MR) is 91.0 cm³/mol. The minimum atomic E-state index is 0.231. The fraction of sp³-hybridized carbons (Fsp3) is 0.368. The van der Waals surface area contributed by atoms with Crippen LogP contribution >= 0.6 is 0 Å². The number of piperazine rings is 1. The minimum absolute atomic E-state index is 0.231. The van der Waals surface area contributed by atoms with E-state index in [0.29, 0.717) is 6.42 Å². The summed E-state index contributed by atoms with van der Waals surface area (Å²) in [6, 6.07) is 12.3. The van der Waals surface area contributed by atoms with E-state index in [4.69, 9.17) is 0 Å². The van der Waals surface area contributed by atoms with Crippen LogP contribution in [-0.2, 0) is 17.8 Å². The first kappa shape index (κ1) is 15.7. The molecule has 0 atom stereocenters. The van der Waals surface area contributed by atoms with Crippen LogP contribution in [-0.4, -0.2) is 46.9 Å². The maximum atomic E-state index is 12.4. The van der Waals surface area contributed by atoms with Crippen LogP contribution < -0.4 is 0 Å². The molecule has 2 heterocycles. The van der Waals surface area contributed by atoms with E-state index in [-0.39, 0.29) is 5.91 Å². The van der Waals surface area contributed by atoms with Gasteiger partial charge in [-0.1, -0.05) is 35.9 Å². The maximum Gasteiger partial charge on any atom is 0.227 e. The Morgan fingerprint density at radius 3 is 2.43 bits per heavy atom. The third kappa shape index (κ3) is 4.39. The van der Waals surface area contributed by atoms with Gasteiger partial charge in [-0.25, -0.2) is 0 Å². The highest BCUT2D eigenvalue weighted by Gasteiger charge is 2.21. The van der Waals surface area contributed by atoms with Crippen molar-refractivity contribution in [2.45, 2.75) is 19.9 Å². The van der Waals surface area contributed by atoms with Gasteiger partial charge in [0.1, 0.15) is 0 Å². The van der Waals surface area contributed by atoms with Crippen molar-refractivity contribution in [3.8, 4) is 0 Å². The molecule has 0 N–H and O–H groups in total. The molecule has 0 bridgehead atoms. The predicted octanol–water partition coefficient (Wildman–Crippen LogP) is 2.28. The molecule has 0 unspecified atom stereocenters. The molecule has 0 spiro atoms. The lowest BCUT2D eigenvalue weighted by Gasteiger charge is -2.34. The average Bonchev–Trinajstić information content (AvgIpc) is 2.58. The van der Waals surface area contributed by atoms with E-state index in [0.717, 1.165) is 38.3 Å². The van der Waals surface area contributed by atoms with Gasteiger partial charge in [-0.05, 0) is 24.1 Å². The molecule has 1 saturated heterocycles. The Bertz CT molecular complexity index is 631. The third-order valence-electron chi connectivity index (χ3n) is 4.33. The summed E-state index contributed by atoms with van der Waals surface area (Å²) in [5.41, 5.74) is 3.55. The van der Waals surface area contributed by atoms with Gasteiger partial charge in [-0.2, -0.15) is 0 Å². The van der Waals surface area contributed by atoms with Gasteiger partial charge in [0.05, 0.1) is 6.42 Å². The summed E-state index contributed by atoms with van der Waals surface area (Å²) in [7, 11) is 0. The second-order valence-corrected chi connectivity index (χ2v) is 6.18. The number of nitrogens with zero attached hydrogens (tertiary/aromatic N) is 3. The summed E-state index contributed by atoms with van der Waals surface area (Å²) in [5, 5.41) is 0. The van der Waals surface area contributed by atoms with Crippen LogP contribution in [0.2, 0.25) is 0 Å². The average molecular weight is 309 g/mol. The van der Waals surface area contributed by atoms with E-state index in [9.17, 15) is 4.79 Å². The third-order valence-corrected chi connectivity index (χ3v) is 4.33. The summed E-state index contributed by atoms with van der Waals surface area (Å²) in [4.78, 5) is 20.9. The van der Waals surface area contributed by atoms with Crippen molar-refractivity contribution in [3.05, 3.63) is 65.5 Å². The lowest BCUT2D eigenvalue weighted by molar-refractivity contribution is -0.132. The van der Waals surface area contributed by atoms with Crippen molar-refractivity contribution in [2.75, 3.05) is 26.2 Å². The van der Waals surface area contributed by atoms with Crippen LogP contribution in [0, 0.1) is 6.92 Å². The summed E-state index contributed by atoms with van der Waals surface area (Å²) >= 11 is 0. The SMILES string of the molecule is Cc1ccc(CC(=O)N2CCN(Cc3cccnc3)CC2)cc1. The highest BCUT2D eigenvalue weighted by Crippen LogP contribution is 2.10. The van der Waals surface area contributed by atoms with Crippen LogP contribution in [0.5, 0.6) is 0 Å². The Hall–Kier alpha value is -2.20. The van der Waals surface area contributed by atoms with Gasteiger partial charge in [-0.3, -0.25) is 14.7 Å². The Morgan fingerprint density at radius 1 is 1.04 bits per heavy atom. The van der Waals surface area contributed by atoms with Gasteiger partial charge in [0.2, 0.25) is 5.91 Å². The van der Waals surface area contributed by atoms with Crippen LogP contribution in [0.1, 0.15) is 16.7 Å². The zero-order valence-corrected chi connectivity index (χ0v) is 13.6. The largest absolute Gasteiger partial charge is 0.340 e. The Balaban J connectivity index is 1.48. The number of benzene rings is 1. The first-order chi connectivity index (χ1) is 11.2. The standard InChI is InChI=1S/C19H23N3O/c1-16-4-6-17(7-5-16)13-19(23)22-11-9-21(10-12-22)15-18-3-2-8-20-14-18/h2-8,14H,9-13,15H2,1H3. The lowest BCUT2D eigenvalue weighted by Crippen LogP contribution is -2.48. The molecular weight excluding hydrogens is 286 g/mol. The highest BCUT2D eigenvalue weighted by atomic mass is 16.2. The number of hydrogen-bond donors (Lipinski definition) is 0. The molecule has 1 aromatic heterocycles. The van der Waals surface area contributed by atoms with Crippen molar-refractivity contribution in [3.63, 3.8) is 0 Å². The molecule has 1 aliphatic heterocycles. The van der Waals surface area contributed by atoms with Crippen molar-refractivity contribution >= 4 is 5.91 Å². The van der Waals surface area contributed by atoms with Crippen molar-refractivity contribution in [1.29, 1.82) is 0 Å². The first-order valence-corrected chi connectivity index (χ1v) is 8.15. The topological polar surface area (TPSA) is 36.4 Å². The summed E-state index contributed by atoms with van der Waals surface area (Å²) in [6.07, 6.45) is 4.21. The van der Waals surface area contributed by atoms with E-state index < -0.39 is 0 Å². The second kappa shape index (κ2) is 7.38. The molecule has 23 heavy (non-hydrogen) atoms. The van der Waals surface area contributed by atoms with Crippen LogP contribution in [0.3, 0.4) is 0 Å². The molecule has 0 saturated carbocycles. The molecule has 4 nitrogen and oxygen atoms in total. The van der Waals surface area contributed by atoms with Gasteiger partial charge in [0.25, 0.3) is 0 Å². The van der Waals surface area contributed by atoms with Crippen LogP contribution in [0.4, 0.5) is 0 Å². The van der Waals surface area contributed by atoms with E-state index in [2.05, 4.69) is 35.0 Å². The molecule has 1 aromatic carbocycles. The van der Waals surface area contributed by atoms with Crippen LogP contribution in [0.25, 0.3) is 0 Å². The molecule has 0 radical (unpaired) electrons. The number of aryl methyl sites for hydroxylation is 1. The van der Waals surface area contributed by atoms with E-state index in [1.807, 2.05) is 29.3 Å². The summed E-state index contributed by atoms with van der Waals surface area (Å²) in [6.45, 7) is 6.44. The van der Waals surface area contributed by atoms with Crippen molar-refractivity contribution < 1.29 is 4.79 Å². The van der Waals surface area contributed by atoms with Crippen LogP contribution in [0.15, 0.2) is 48.8 Å². The normalized spacial score (nSPS) is 15.6. The Labute approximate surface area is 137 Å². The lowest BCUT2D eigenvalue weighted by atomic mass is 10.1. The number of aromatic nitrogens is 1. The van der Waals surface area contributed by atoms with Crippen molar-refractivity contribution in [2.24, 2.45) is 0 Å². The molecule has 2 aromatic rings. The number of carbonyl (C=O) groups is 1. The van der Waals surface area contributed by atoms with E-state index >= 15 is 0 Å². The number of amides is 1. The molecule has 0 aliphatic carbocycles. The Kier molecular flexibility index (Phi) is 5.03. The number of pyridine rings is 1. The van der Waals surface area contributed by atoms with Crippen molar-refractivity contribution in [1.82, 2.24) is 14.8 Å². The van der Waals surface area contributed by atoms with Gasteiger partial charge in [0.15, 0.2) is 0 Å². The highest BCUT2D eigenvalue weighted by molar-refractivity contribution is 5.78. The molecule has 1 aliphatic rings. The minimum Gasteiger partial charge on any atom is -0.340 e. The van der Waals surface area contributed by atoms with Gasteiger partial charge >= 0.3 is 0 Å². The van der Waals surface area contributed by atoms with Gasteiger partial charge < -0.3 is 4.90 Å². The summed E-state index contributed by atoms with van der Waals surface area (Å²) < 4.78 is 0. The molecule has 120 valence electrons. The molecule has 4 heteroatoms. The van der Waals surface area contributed by atoms with E-state index in [1.165, 1.54) is 11.1 Å². The van der Waals surface area contributed by atoms with Gasteiger partial charge in [0, 0.05) is 45.1 Å². The zero-order valence-electron chi connectivity index (χ0n) is 13.6.